The van der Waals surface area contributed by atoms with E-state index >= 15 is 0 Å². The first-order valence-electron chi connectivity index (χ1n) is 4.91. The summed E-state index contributed by atoms with van der Waals surface area (Å²) in [4.78, 5) is 4.36. The van der Waals surface area contributed by atoms with Crippen LogP contribution in [0.3, 0.4) is 0 Å². The van der Waals surface area contributed by atoms with Crippen molar-refractivity contribution >= 4 is 11.8 Å². The molecule has 2 rings (SSSR count). The first-order chi connectivity index (χ1) is 7.81. The summed E-state index contributed by atoms with van der Waals surface area (Å²) < 4.78 is 1.88. The molecule has 0 bridgehead atoms. The van der Waals surface area contributed by atoms with Crippen LogP contribution in [0.5, 0.6) is 0 Å². The van der Waals surface area contributed by atoms with Gasteiger partial charge in [0.25, 0.3) is 0 Å². The number of aryl methyl sites for hydroxylation is 1. The Bertz CT molecular complexity index is 468. The molecule has 0 atom stereocenters. The Hall–Kier alpha value is -1.40. The summed E-state index contributed by atoms with van der Waals surface area (Å²) in [6.07, 6.45) is 3.47. The van der Waals surface area contributed by atoms with Crippen molar-refractivity contribution < 1.29 is 0 Å². The smallest absolute Gasteiger partial charge is 0.197 e. The number of hydrogen-bond donors (Lipinski definition) is 1. The van der Waals surface area contributed by atoms with Gasteiger partial charge in [0.1, 0.15) is 11.4 Å². The molecule has 0 unspecified atom stereocenters. The Morgan fingerprint density at radius 3 is 3.06 bits per heavy atom. The topological polar surface area (TPSA) is 55.6 Å². The number of hydrogen-bond acceptors (Lipinski definition) is 5. The second-order valence-electron chi connectivity index (χ2n) is 3.32. The Morgan fingerprint density at radius 2 is 2.38 bits per heavy atom. The molecular weight excluding hydrogens is 222 g/mol. The van der Waals surface area contributed by atoms with Crippen molar-refractivity contribution in [3.8, 4) is 0 Å². The maximum atomic E-state index is 4.36. The standard InChI is InChI=1S/C10H13N5S/c1-11-6-8-4-3-5-12-9(8)16-10-14-13-7-15(10)2/h3-5,7,11H,6H2,1-2H3. The Balaban J connectivity index is 2.24. The summed E-state index contributed by atoms with van der Waals surface area (Å²) in [5.41, 5.74) is 1.16. The first kappa shape index (κ1) is 11.1. The average molecular weight is 235 g/mol. The van der Waals surface area contributed by atoms with Gasteiger partial charge in [-0.15, -0.1) is 10.2 Å². The molecule has 16 heavy (non-hydrogen) atoms. The molecule has 0 radical (unpaired) electrons. The molecule has 0 aliphatic rings. The van der Waals surface area contributed by atoms with Gasteiger partial charge < -0.3 is 9.88 Å². The molecule has 0 fully saturated rings. The average Bonchev–Trinajstić information content (AvgIpc) is 2.68. The first-order valence-corrected chi connectivity index (χ1v) is 5.73. The molecule has 5 nitrogen and oxygen atoms in total. The molecule has 0 aliphatic heterocycles. The fourth-order valence-electron chi connectivity index (χ4n) is 1.29. The van der Waals surface area contributed by atoms with Crippen LogP contribution in [0.15, 0.2) is 34.8 Å². The van der Waals surface area contributed by atoms with E-state index in [0.29, 0.717) is 0 Å². The van der Waals surface area contributed by atoms with E-state index < -0.39 is 0 Å². The van der Waals surface area contributed by atoms with Crippen LogP contribution in [0, 0.1) is 0 Å². The minimum absolute atomic E-state index is 0.800. The molecule has 0 saturated heterocycles. The third-order valence-corrected chi connectivity index (χ3v) is 3.19. The van der Waals surface area contributed by atoms with Gasteiger partial charge in [-0.2, -0.15) is 0 Å². The van der Waals surface area contributed by atoms with Gasteiger partial charge in [0.2, 0.25) is 0 Å². The highest BCUT2D eigenvalue weighted by Gasteiger charge is 2.08. The summed E-state index contributed by atoms with van der Waals surface area (Å²) in [5.74, 6) is 0. The van der Waals surface area contributed by atoms with Gasteiger partial charge in [0.05, 0.1) is 0 Å². The number of nitrogens with one attached hydrogen (secondary N) is 1. The quantitative estimate of drug-likeness (QED) is 0.859. The van der Waals surface area contributed by atoms with E-state index in [1.165, 1.54) is 11.8 Å². The van der Waals surface area contributed by atoms with E-state index in [4.69, 9.17) is 0 Å². The van der Waals surface area contributed by atoms with Crippen LogP contribution in [-0.2, 0) is 13.6 Å². The highest BCUT2D eigenvalue weighted by atomic mass is 32.2. The summed E-state index contributed by atoms with van der Waals surface area (Å²) in [6.45, 7) is 0.800. The molecule has 0 aromatic carbocycles. The van der Waals surface area contributed by atoms with Crippen molar-refractivity contribution in [2.45, 2.75) is 16.7 Å². The molecular formula is C10H13N5S. The molecule has 0 amide bonds. The van der Waals surface area contributed by atoms with Crippen LogP contribution in [-0.4, -0.2) is 26.8 Å². The molecule has 2 aromatic heterocycles. The van der Waals surface area contributed by atoms with E-state index in [-0.39, 0.29) is 0 Å². The Morgan fingerprint density at radius 1 is 1.50 bits per heavy atom. The lowest BCUT2D eigenvalue weighted by Crippen LogP contribution is -2.07. The van der Waals surface area contributed by atoms with Crippen LogP contribution in [0.25, 0.3) is 0 Å². The molecule has 0 spiro atoms. The monoisotopic (exact) mass is 235 g/mol. The van der Waals surface area contributed by atoms with Crippen molar-refractivity contribution in [2.24, 2.45) is 7.05 Å². The lowest BCUT2D eigenvalue weighted by molar-refractivity contribution is 0.774. The van der Waals surface area contributed by atoms with E-state index in [2.05, 4.69) is 26.6 Å². The number of nitrogens with zero attached hydrogens (tertiary/aromatic N) is 4. The van der Waals surface area contributed by atoms with Crippen molar-refractivity contribution in [3.05, 3.63) is 30.2 Å². The van der Waals surface area contributed by atoms with E-state index in [1.54, 1.807) is 12.5 Å². The molecule has 2 aromatic rings. The Kier molecular flexibility index (Phi) is 3.53. The fraction of sp³-hybridized carbons (Fsp3) is 0.300. The normalized spacial score (nSPS) is 10.6. The Labute approximate surface area is 98.3 Å². The molecule has 0 aliphatic carbocycles. The van der Waals surface area contributed by atoms with Gasteiger partial charge in [-0.1, -0.05) is 6.07 Å². The van der Waals surface area contributed by atoms with Crippen molar-refractivity contribution in [1.82, 2.24) is 25.1 Å². The molecule has 6 heteroatoms. The van der Waals surface area contributed by atoms with E-state index in [1.807, 2.05) is 24.7 Å². The van der Waals surface area contributed by atoms with Gasteiger partial charge in [-0.05, 0) is 30.4 Å². The SMILES string of the molecule is CNCc1cccnc1Sc1nncn1C. The molecule has 84 valence electrons. The zero-order valence-corrected chi connectivity index (χ0v) is 10.0. The van der Waals surface area contributed by atoms with E-state index in [9.17, 15) is 0 Å². The molecule has 2 heterocycles. The maximum absolute atomic E-state index is 4.36. The second kappa shape index (κ2) is 5.09. The van der Waals surface area contributed by atoms with Crippen molar-refractivity contribution in [3.63, 3.8) is 0 Å². The van der Waals surface area contributed by atoms with Gasteiger partial charge in [0, 0.05) is 19.8 Å². The second-order valence-corrected chi connectivity index (χ2v) is 4.28. The van der Waals surface area contributed by atoms with Crippen LogP contribution in [0.2, 0.25) is 0 Å². The van der Waals surface area contributed by atoms with Crippen LogP contribution in [0.4, 0.5) is 0 Å². The minimum Gasteiger partial charge on any atom is -0.316 e. The summed E-state index contributed by atoms with van der Waals surface area (Å²) in [7, 11) is 3.84. The lowest BCUT2D eigenvalue weighted by atomic mass is 10.3. The summed E-state index contributed by atoms with van der Waals surface area (Å²) in [5, 5.41) is 12.8. The predicted molar refractivity (Wildman–Crippen MR) is 62.1 cm³/mol. The maximum Gasteiger partial charge on any atom is 0.197 e. The zero-order chi connectivity index (χ0) is 11.4. The van der Waals surface area contributed by atoms with E-state index in [0.717, 1.165) is 22.3 Å². The third-order valence-electron chi connectivity index (χ3n) is 2.08. The highest BCUT2D eigenvalue weighted by molar-refractivity contribution is 7.99. The third kappa shape index (κ3) is 2.40. The fourth-order valence-corrected chi connectivity index (χ4v) is 2.13. The molecule has 1 N–H and O–H groups in total. The van der Waals surface area contributed by atoms with Crippen LogP contribution in [0.1, 0.15) is 5.56 Å². The number of rotatable bonds is 4. The number of aromatic nitrogens is 4. The summed E-state index contributed by atoms with van der Waals surface area (Å²) in [6, 6.07) is 4.00. The zero-order valence-electron chi connectivity index (χ0n) is 9.21. The largest absolute Gasteiger partial charge is 0.316 e. The van der Waals surface area contributed by atoms with Gasteiger partial charge >= 0.3 is 0 Å². The molecule has 0 saturated carbocycles. The van der Waals surface area contributed by atoms with Crippen molar-refractivity contribution in [2.75, 3.05) is 7.05 Å². The minimum atomic E-state index is 0.800. The van der Waals surface area contributed by atoms with Crippen LogP contribution >= 0.6 is 11.8 Å². The highest BCUT2D eigenvalue weighted by Crippen LogP contribution is 2.26. The van der Waals surface area contributed by atoms with Gasteiger partial charge in [-0.3, -0.25) is 0 Å². The van der Waals surface area contributed by atoms with Gasteiger partial charge in [-0.25, -0.2) is 4.98 Å². The number of pyridine rings is 1. The lowest BCUT2D eigenvalue weighted by Gasteiger charge is -2.06. The summed E-state index contributed by atoms with van der Waals surface area (Å²) >= 11 is 1.53. The van der Waals surface area contributed by atoms with Gasteiger partial charge in [0.15, 0.2) is 5.16 Å². The van der Waals surface area contributed by atoms with Crippen LogP contribution < -0.4 is 5.32 Å². The van der Waals surface area contributed by atoms with Crippen molar-refractivity contribution in [1.29, 1.82) is 0 Å². The predicted octanol–water partition coefficient (Wildman–Crippen LogP) is 1.08.